The van der Waals surface area contributed by atoms with Gasteiger partial charge in [-0.3, -0.25) is 4.89 Å². The average molecular weight is 258 g/mol. The van der Waals surface area contributed by atoms with Crippen LogP contribution in [0.3, 0.4) is 0 Å². The zero-order chi connectivity index (χ0) is 11.4. The number of halogens is 1. The maximum Gasteiger partial charge on any atom is 0.342 e. The summed E-state index contributed by atoms with van der Waals surface area (Å²) in [7, 11) is 0. The van der Waals surface area contributed by atoms with Crippen LogP contribution in [-0.4, -0.2) is 45.5 Å². The molecule has 0 aromatic heterocycles. The highest BCUT2D eigenvalue weighted by atomic mass is 35.5. The van der Waals surface area contributed by atoms with E-state index >= 15 is 0 Å². The number of carbonyl (C=O) groups is 1. The van der Waals surface area contributed by atoms with Gasteiger partial charge in [0.05, 0.1) is 26.4 Å². The van der Waals surface area contributed by atoms with E-state index in [0.717, 1.165) is 0 Å². The highest BCUT2D eigenvalue weighted by molar-refractivity contribution is 5.85. The van der Waals surface area contributed by atoms with Crippen molar-refractivity contribution in [1.82, 2.24) is 0 Å². The molecule has 0 bridgehead atoms. The van der Waals surface area contributed by atoms with Crippen LogP contribution in [0.25, 0.3) is 0 Å². The van der Waals surface area contributed by atoms with Crippen molar-refractivity contribution in [2.45, 2.75) is 13.3 Å². The van der Waals surface area contributed by atoms with Crippen LogP contribution in [0.5, 0.6) is 0 Å². The van der Waals surface area contributed by atoms with Crippen LogP contribution >= 0.6 is 12.4 Å². The molecule has 0 aromatic rings. The van der Waals surface area contributed by atoms with Gasteiger partial charge >= 0.3 is 5.97 Å². The summed E-state index contributed by atoms with van der Waals surface area (Å²) in [5.74, 6) is -0.388. The van der Waals surface area contributed by atoms with E-state index in [2.05, 4.69) is 9.78 Å². The normalized spacial score (nSPS) is 9.62. The molecule has 0 unspecified atom stereocenters. The van der Waals surface area contributed by atoms with Gasteiger partial charge in [0.25, 0.3) is 0 Å². The number of rotatable bonds is 10. The quantitative estimate of drug-likeness (QED) is 0.344. The van der Waals surface area contributed by atoms with Crippen LogP contribution in [0, 0.1) is 0 Å². The van der Waals surface area contributed by atoms with Crippen molar-refractivity contribution in [1.29, 1.82) is 0 Å². The summed E-state index contributed by atoms with van der Waals surface area (Å²) < 4.78 is 10.2. The lowest BCUT2D eigenvalue weighted by atomic mass is 10.5. The van der Waals surface area contributed by atoms with E-state index in [9.17, 15) is 4.79 Å². The molecule has 0 spiro atoms. The fourth-order valence-electron chi connectivity index (χ4n) is 0.665. The molecular weight excluding hydrogens is 238 g/mol. The largest absolute Gasteiger partial charge is 0.378 e. The predicted octanol–water partition coefficient (Wildman–Crippen LogP) is 0.285. The van der Waals surface area contributed by atoms with Crippen LogP contribution < -0.4 is 5.73 Å². The standard InChI is InChI=1S/C9H19NO5.ClH/c1-2-9(11)15-14-8-7-13-6-5-12-4-3-10;/h2-8,10H2,1H3;1H. The summed E-state index contributed by atoms with van der Waals surface area (Å²) in [6.07, 6.45) is 0.299. The van der Waals surface area contributed by atoms with Gasteiger partial charge in [-0.25, -0.2) is 4.79 Å². The fourth-order valence-corrected chi connectivity index (χ4v) is 0.665. The highest BCUT2D eigenvalue weighted by Crippen LogP contribution is 1.86. The maximum absolute atomic E-state index is 10.6. The molecule has 0 aliphatic rings. The summed E-state index contributed by atoms with van der Waals surface area (Å²) in [5.41, 5.74) is 5.22. The van der Waals surface area contributed by atoms with Gasteiger partial charge in [0.2, 0.25) is 0 Å². The molecule has 16 heavy (non-hydrogen) atoms. The predicted molar refractivity (Wildman–Crippen MR) is 60.3 cm³/mol. The Bertz CT molecular complexity index is 159. The maximum atomic E-state index is 10.6. The molecule has 7 heteroatoms. The third-order valence-electron chi connectivity index (χ3n) is 1.39. The van der Waals surface area contributed by atoms with Gasteiger partial charge in [0.15, 0.2) is 0 Å². The first-order chi connectivity index (χ1) is 7.31. The first kappa shape index (κ1) is 18.0. The number of nitrogens with two attached hydrogens (primary N) is 1. The molecule has 0 aliphatic carbocycles. The molecule has 0 aliphatic heterocycles. The van der Waals surface area contributed by atoms with Crippen LogP contribution in [0.4, 0.5) is 0 Å². The Morgan fingerprint density at radius 2 is 1.62 bits per heavy atom. The Morgan fingerprint density at radius 3 is 2.19 bits per heavy atom. The Balaban J connectivity index is 0. The molecule has 0 rings (SSSR count). The molecule has 2 N–H and O–H groups in total. The Kier molecular flexibility index (Phi) is 16.4. The lowest BCUT2D eigenvalue weighted by molar-refractivity contribution is -0.276. The van der Waals surface area contributed by atoms with Gasteiger partial charge < -0.3 is 15.2 Å². The Labute approximate surface area is 102 Å². The van der Waals surface area contributed by atoms with Crippen molar-refractivity contribution >= 4 is 18.4 Å². The molecule has 0 saturated heterocycles. The first-order valence-corrected chi connectivity index (χ1v) is 4.99. The third kappa shape index (κ3) is 13.6. The van der Waals surface area contributed by atoms with Gasteiger partial charge in [-0.1, -0.05) is 6.92 Å². The topological polar surface area (TPSA) is 80.0 Å². The molecule has 0 fully saturated rings. The number of ether oxygens (including phenoxy) is 2. The first-order valence-electron chi connectivity index (χ1n) is 4.99. The summed E-state index contributed by atoms with van der Waals surface area (Å²) in [4.78, 5) is 19.5. The molecule has 0 heterocycles. The van der Waals surface area contributed by atoms with Crippen molar-refractivity contribution in [3.8, 4) is 0 Å². The molecule has 0 saturated carbocycles. The zero-order valence-corrected chi connectivity index (χ0v) is 10.3. The summed E-state index contributed by atoms with van der Waals surface area (Å²) in [5, 5.41) is 0. The van der Waals surface area contributed by atoms with Crippen molar-refractivity contribution in [2.75, 3.05) is 39.6 Å². The molecule has 98 valence electrons. The van der Waals surface area contributed by atoms with Gasteiger partial charge in [-0.2, -0.15) is 4.89 Å². The summed E-state index contributed by atoms with van der Waals surface area (Å²) >= 11 is 0. The minimum absolute atomic E-state index is 0. The minimum Gasteiger partial charge on any atom is -0.378 e. The van der Waals surface area contributed by atoms with E-state index < -0.39 is 0 Å². The second kappa shape index (κ2) is 14.6. The number of hydrogen-bond donors (Lipinski definition) is 1. The van der Waals surface area contributed by atoms with Gasteiger partial charge in [0, 0.05) is 13.0 Å². The van der Waals surface area contributed by atoms with E-state index in [1.54, 1.807) is 6.92 Å². The monoisotopic (exact) mass is 257 g/mol. The second-order valence-corrected chi connectivity index (χ2v) is 2.64. The lowest BCUT2D eigenvalue weighted by Gasteiger charge is -2.05. The smallest absolute Gasteiger partial charge is 0.342 e. The Morgan fingerprint density at radius 1 is 1.06 bits per heavy atom. The molecule has 0 radical (unpaired) electrons. The van der Waals surface area contributed by atoms with Crippen molar-refractivity contribution < 1.29 is 24.0 Å². The van der Waals surface area contributed by atoms with E-state index in [1.807, 2.05) is 0 Å². The molecule has 0 aromatic carbocycles. The highest BCUT2D eigenvalue weighted by Gasteiger charge is 1.98. The average Bonchev–Trinajstić information content (AvgIpc) is 2.26. The molecular formula is C9H20ClNO5. The van der Waals surface area contributed by atoms with Crippen molar-refractivity contribution in [3.05, 3.63) is 0 Å². The van der Waals surface area contributed by atoms with Gasteiger partial charge in [-0.05, 0) is 0 Å². The van der Waals surface area contributed by atoms with E-state index in [0.29, 0.717) is 39.4 Å². The molecule has 6 nitrogen and oxygen atoms in total. The van der Waals surface area contributed by atoms with E-state index in [1.165, 1.54) is 0 Å². The number of hydrogen-bond acceptors (Lipinski definition) is 6. The second-order valence-electron chi connectivity index (χ2n) is 2.64. The Hall–Kier alpha value is -0.400. The molecule has 0 amide bonds. The number of carbonyl (C=O) groups excluding carboxylic acids is 1. The lowest BCUT2D eigenvalue weighted by Crippen LogP contribution is -2.14. The zero-order valence-electron chi connectivity index (χ0n) is 9.48. The van der Waals surface area contributed by atoms with Crippen LogP contribution in [-0.2, 0) is 24.0 Å². The van der Waals surface area contributed by atoms with Gasteiger partial charge in [-0.15, -0.1) is 12.4 Å². The fraction of sp³-hybridized carbons (Fsp3) is 0.889. The van der Waals surface area contributed by atoms with Gasteiger partial charge in [0.1, 0.15) is 6.61 Å². The van der Waals surface area contributed by atoms with Crippen LogP contribution in [0.15, 0.2) is 0 Å². The SMILES string of the molecule is CCC(=O)OOCCOCCOCCN.Cl. The van der Waals surface area contributed by atoms with Crippen LogP contribution in [0.2, 0.25) is 0 Å². The summed E-state index contributed by atoms with van der Waals surface area (Å²) in [6, 6.07) is 0. The summed E-state index contributed by atoms with van der Waals surface area (Å²) in [6.45, 7) is 4.31. The molecule has 0 atom stereocenters. The van der Waals surface area contributed by atoms with E-state index in [4.69, 9.17) is 15.2 Å². The van der Waals surface area contributed by atoms with Crippen LogP contribution in [0.1, 0.15) is 13.3 Å². The third-order valence-corrected chi connectivity index (χ3v) is 1.39. The van der Waals surface area contributed by atoms with Crippen molar-refractivity contribution in [3.63, 3.8) is 0 Å². The van der Waals surface area contributed by atoms with E-state index in [-0.39, 0.29) is 25.0 Å². The minimum atomic E-state index is -0.388. The van der Waals surface area contributed by atoms with Crippen molar-refractivity contribution in [2.24, 2.45) is 5.73 Å².